The number of halogens is 4. The molecule has 0 aromatic carbocycles. The van der Waals surface area contributed by atoms with Gasteiger partial charge in [-0.1, -0.05) is 55.4 Å². The van der Waals surface area contributed by atoms with Crippen molar-refractivity contribution in [1.29, 1.82) is 0 Å². The summed E-state index contributed by atoms with van der Waals surface area (Å²) < 4.78 is 98.8. The summed E-state index contributed by atoms with van der Waals surface area (Å²) in [6, 6.07) is 0. The first-order chi connectivity index (χ1) is 19.3. The van der Waals surface area contributed by atoms with Gasteiger partial charge in [0.25, 0.3) is 0 Å². The highest BCUT2D eigenvalue weighted by Crippen LogP contribution is 2.49. The lowest BCUT2D eigenvalue weighted by Gasteiger charge is -2.51. The number of nitrogen functional groups attached to an aromatic ring is 1. The van der Waals surface area contributed by atoms with E-state index in [1.165, 1.54) is 10.9 Å². The third-order valence-electron chi connectivity index (χ3n) is 7.83. The maximum atomic E-state index is 13.7. The van der Waals surface area contributed by atoms with E-state index in [2.05, 4.69) is 15.0 Å². The van der Waals surface area contributed by atoms with E-state index in [0.717, 1.165) is 0 Å². The van der Waals surface area contributed by atoms with Crippen LogP contribution in [0.2, 0.25) is 27.4 Å². The standard InChI is InChI=1S/C23H37ClF3N5O7SSi2/c1-11(2)41(12(3)4)35-9-15-17(38-42(39-41,13(5)6)14(7)8)18(37-40(33,34)23(25,26)27)21(36-15)32-10-29-16-19(28)30-22(24)31-20(16)32/h10-15,17-18,21H,9H2,1-8H3,(H2,28,30,31). The molecule has 12 nitrogen and oxygen atoms in total. The van der Waals surface area contributed by atoms with Crippen molar-refractivity contribution in [2.24, 2.45) is 0 Å². The van der Waals surface area contributed by atoms with Crippen LogP contribution >= 0.6 is 11.6 Å². The number of hydrogen-bond acceptors (Lipinski definition) is 11. The molecule has 42 heavy (non-hydrogen) atoms. The van der Waals surface area contributed by atoms with Crippen LogP contribution in [0.15, 0.2) is 6.33 Å². The number of alkyl halides is 3. The summed E-state index contributed by atoms with van der Waals surface area (Å²) in [7, 11) is -12.6. The summed E-state index contributed by atoms with van der Waals surface area (Å²) in [6.07, 6.45) is -4.51. The summed E-state index contributed by atoms with van der Waals surface area (Å²) in [5.41, 5.74) is -0.131. The monoisotopic (exact) mass is 675 g/mol. The van der Waals surface area contributed by atoms with Crippen LogP contribution in [0.25, 0.3) is 11.2 Å². The Morgan fingerprint density at radius 2 is 1.62 bits per heavy atom. The molecular formula is C23H37ClF3N5O7SSi2. The first-order valence-corrected chi connectivity index (χ1v) is 19.3. The number of fused-ring (bicyclic) bond motifs is 2. The van der Waals surface area contributed by atoms with E-state index in [1.807, 2.05) is 55.4 Å². The zero-order chi connectivity index (χ0) is 31.6. The van der Waals surface area contributed by atoms with E-state index < -0.39 is 57.3 Å². The molecule has 0 radical (unpaired) electrons. The molecule has 0 spiro atoms. The molecule has 19 heteroatoms. The number of anilines is 1. The molecule has 2 N–H and O–H groups in total. The fraction of sp³-hybridized carbons (Fsp3) is 0.783. The third-order valence-corrected chi connectivity index (χ3v) is 19.3. The first kappa shape index (κ1) is 33.5. The maximum Gasteiger partial charge on any atom is 0.523 e. The van der Waals surface area contributed by atoms with Crippen LogP contribution in [0.3, 0.4) is 0 Å². The van der Waals surface area contributed by atoms with Gasteiger partial charge in [0.15, 0.2) is 23.8 Å². The van der Waals surface area contributed by atoms with Crippen LogP contribution in [-0.2, 0) is 32.0 Å². The average Bonchev–Trinajstić information content (AvgIpc) is 3.38. The highest BCUT2D eigenvalue weighted by atomic mass is 35.5. The molecule has 0 saturated carbocycles. The van der Waals surface area contributed by atoms with Crippen molar-refractivity contribution in [2.75, 3.05) is 12.3 Å². The summed E-state index contributed by atoms with van der Waals surface area (Å²) in [5, 5.41) is -0.255. The number of ether oxygens (including phenoxy) is 1. The van der Waals surface area contributed by atoms with Gasteiger partial charge in [0.2, 0.25) is 5.28 Å². The zero-order valence-electron chi connectivity index (χ0n) is 24.5. The van der Waals surface area contributed by atoms with Gasteiger partial charge in [-0.2, -0.15) is 31.6 Å². The fourth-order valence-electron chi connectivity index (χ4n) is 5.75. The highest BCUT2D eigenvalue weighted by Gasteiger charge is 2.63. The van der Waals surface area contributed by atoms with Gasteiger partial charge in [-0.3, -0.25) is 8.75 Å². The molecule has 0 bridgehead atoms. The Balaban J connectivity index is 1.92. The lowest BCUT2D eigenvalue weighted by atomic mass is 10.1. The number of nitrogens with two attached hydrogens (primary N) is 1. The molecule has 2 saturated heterocycles. The summed E-state index contributed by atoms with van der Waals surface area (Å²) >= 11 is 6.01. The van der Waals surface area contributed by atoms with Crippen LogP contribution in [0.5, 0.6) is 0 Å². The molecular weight excluding hydrogens is 639 g/mol. The third kappa shape index (κ3) is 5.62. The van der Waals surface area contributed by atoms with E-state index in [4.69, 9.17) is 39.2 Å². The van der Waals surface area contributed by atoms with Gasteiger partial charge in [-0.15, -0.1) is 0 Å². The molecule has 2 fully saturated rings. The Morgan fingerprint density at radius 3 is 2.14 bits per heavy atom. The molecule has 238 valence electrons. The van der Waals surface area contributed by atoms with Gasteiger partial charge < -0.3 is 23.4 Å². The minimum absolute atomic E-state index is 0.00579. The molecule has 2 aliphatic rings. The Kier molecular flexibility index (Phi) is 9.19. The smallest absolute Gasteiger partial charge is 0.414 e. The van der Waals surface area contributed by atoms with Crippen LogP contribution in [0.4, 0.5) is 19.0 Å². The molecule has 4 unspecified atom stereocenters. The van der Waals surface area contributed by atoms with Crippen molar-refractivity contribution >= 4 is 55.8 Å². The lowest BCUT2D eigenvalue weighted by molar-refractivity contribution is -0.0694. The Bertz CT molecular complexity index is 1400. The summed E-state index contributed by atoms with van der Waals surface area (Å²) in [6.45, 7) is 15.6. The number of hydrogen-bond donors (Lipinski definition) is 1. The van der Waals surface area contributed by atoms with Gasteiger partial charge in [-0.25, -0.2) is 4.98 Å². The van der Waals surface area contributed by atoms with E-state index in [-0.39, 0.29) is 51.0 Å². The second-order valence-corrected chi connectivity index (χ2v) is 22.5. The summed E-state index contributed by atoms with van der Waals surface area (Å²) in [5.74, 6) is -0.0863. The predicted octanol–water partition coefficient (Wildman–Crippen LogP) is 5.15. The van der Waals surface area contributed by atoms with E-state index in [0.29, 0.717) is 0 Å². The van der Waals surface area contributed by atoms with E-state index >= 15 is 0 Å². The predicted molar refractivity (Wildman–Crippen MR) is 152 cm³/mol. The topological polar surface area (TPSA) is 150 Å². The van der Waals surface area contributed by atoms with E-state index in [1.54, 1.807) is 0 Å². The molecule has 2 aliphatic heterocycles. The van der Waals surface area contributed by atoms with Gasteiger partial charge in [0.1, 0.15) is 17.7 Å². The van der Waals surface area contributed by atoms with Crippen molar-refractivity contribution in [3.8, 4) is 0 Å². The molecule has 4 atom stereocenters. The zero-order valence-corrected chi connectivity index (χ0v) is 28.1. The normalized spacial score (nSPS) is 26.8. The Labute approximate surface area is 250 Å². The van der Waals surface area contributed by atoms with Crippen LogP contribution in [0.1, 0.15) is 61.6 Å². The van der Waals surface area contributed by atoms with Crippen molar-refractivity contribution in [1.82, 2.24) is 19.5 Å². The number of aromatic nitrogens is 4. The van der Waals surface area contributed by atoms with E-state index in [9.17, 15) is 21.6 Å². The van der Waals surface area contributed by atoms with Gasteiger partial charge in [0, 0.05) is 0 Å². The van der Waals surface area contributed by atoms with Crippen LogP contribution < -0.4 is 5.73 Å². The van der Waals surface area contributed by atoms with Crippen molar-refractivity contribution in [3.05, 3.63) is 11.6 Å². The minimum Gasteiger partial charge on any atom is -0.414 e. The lowest BCUT2D eigenvalue weighted by Crippen LogP contribution is -2.66. The van der Waals surface area contributed by atoms with Crippen LogP contribution in [-0.4, -0.2) is 75.5 Å². The number of imidazole rings is 1. The van der Waals surface area contributed by atoms with Gasteiger partial charge in [0.05, 0.1) is 12.9 Å². The maximum absolute atomic E-state index is 13.7. The molecule has 4 heterocycles. The Morgan fingerprint density at radius 1 is 1.05 bits per heavy atom. The average molecular weight is 676 g/mol. The minimum atomic E-state index is -6.11. The largest absolute Gasteiger partial charge is 0.523 e. The van der Waals surface area contributed by atoms with Crippen molar-refractivity contribution in [2.45, 2.75) is 108 Å². The second kappa shape index (κ2) is 11.5. The first-order valence-electron chi connectivity index (χ1n) is 13.6. The molecule has 4 rings (SSSR count). The molecule has 2 aromatic heterocycles. The molecule has 0 aliphatic carbocycles. The Hall–Kier alpha value is -1.39. The summed E-state index contributed by atoms with van der Waals surface area (Å²) in [4.78, 5) is 12.1. The highest BCUT2D eigenvalue weighted by molar-refractivity contribution is 7.87. The SMILES string of the molecule is CC(C)[Si]1(C(C)C)OCC2OC(n3cnc4c(N)nc(Cl)nc43)C(OS(=O)(=O)C(F)(F)F)C2O[Si](C(C)C)(C(C)C)O1. The van der Waals surface area contributed by atoms with Crippen molar-refractivity contribution in [3.63, 3.8) is 0 Å². The quantitative estimate of drug-likeness (QED) is 0.180. The van der Waals surface area contributed by atoms with Gasteiger partial charge in [-0.05, 0) is 33.8 Å². The van der Waals surface area contributed by atoms with Crippen molar-refractivity contribution < 1.29 is 43.5 Å². The molecule has 0 amide bonds. The number of rotatable bonds is 7. The molecule has 2 aromatic rings. The second-order valence-electron chi connectivity index (χ2n) is 11.8. The fourth-order valence-corrected chi connectivity index (χ4v) is 17.7. The van der Waals surface area contributed by atoms with Crippen LogP contribution in [0, 0.1) is 0 Å². The van der Waals surface area contributed by atoms with Gasteiger partial charge >= 0.3 is 32.7 Å². The number of nitrogens with zero attached hydrogens (tertiary/aromatic N) is 4.